The van der Waals surface area contributed by atoms with Crippen molar-refractivity contribution in [2.75, 3.05) is 27.4 Å². The zero-order valence-electron chi connectivity index (χ0n) is 13.1. The molecule has 0 aliphatic carbocycles. The van der Waals surface area contributed by atoms with Gasteiger partial charge in [0.15, 0.2) is 12.2 Å². The summed E-state index contributed by atoms with van der Waals surface area (Å²) in [5.41, 5.74) is 0. The van der Waals surface area contributed by atoms with Crippen molar-refractivity contribution in [2.45, 2.75) is 50.5 Å². The van der Waals surface area contributed by atoms with Gasteiger partial charge in [0.25, 0.3) is 0 Å². The van der Waals surface area contributed by atoms with Crippen LogP contribution in [0.25, 0.3) is 0 Å². The summed E-state index contributed by atoms with van der Waals surface area (Å²) in [6.07, 6.45) is -4.09. The van der Waals surface area contributed by atoms with Gasteiger partial charge < -0.3 is 28.4 Å². The van der Waals surface area contributed by atoms with Crippen molar-refractivity contribution in [2.24, 2.45) is 0 Å². The zero-order valence-corrected chi connectivity index (χ0v) is 13.1. The number of hydrogen-bond donors (Lipinski definition) is 0. The normalized spacial score (nSPS) is 39.1. The van der Waals surface area contributed by atoms with Crippen LogP contribution in [-0.2, 0) is 38.0 Å². The van der Waals surface area contributed by atoms with Gasteiger partial charge in [-0.1, -0.05) is 0 Å². The molecule has 8 nitrogen and oxygen atoms in total. The van der Waals surface area contributed by atoms with E-state index >= 15 is 0 Å². The number of carbonyl (C=O) groups is 2. The van der Waals surface area contributed by atoms with Gasteiger partial charge in [0.05, 0.1) is 39.6 Å². The molecule has 2 rings (SSSR count). The Morgan fingerprint density at radius 1 is 0.818 bits per heavy atom. The molecule has 0 saturated carbocycles. The summed E-state index contributed by atoms with van der Waals surface area (Å²) >= 11 is 0. The molecule has 0 aromatic heterocycles. The van der Waals surface area contributed by atoms with Crippen LogP contribution in [-0.4, -0.2) is 76.0 Å². The van der Waals surface area contributed by atoms with Gasteiger partial charge in [-0.15, -0.1) is 0 Å². The molecule has 22 heavy (non-hydrogen) atoms. The molecule has 2 unspecified atom stereocenters. The number of hydrogen-bond acceptors (Lipinski definition) is 8. The Morgan fingerprint density at radius 3 is 2.00 bits per heavy atom. The summed E-state index contributed by atoms with van der Waals surface area (Å²) in [6, 6.07) is 0. The molecule has 0 amide bonds. The van der Waals surface area contributed by atoms with Crippen LogP contribution in [0.2, 0.25) is 0 Å². The van der Waals surface area contributed by atoms with Gasteiger partial charge in [0.2, 0.25) is 0 Å². The van der Waals surface area contributed by atoms with E-state index in [1.165, 1.54) is 14.2 Å². The quantitative estimate of drug-likeness (QED) is 0.654. The SMILES string of the molecule is COC(=O)[C@H]1OCC(C)O[C@@H]1[C@@H]1OCC(C)O[C@H]1C(=O)OC. The van der Waals surface area contributed by atoms with Crippen LogP contribution in [0.3, 0.4) is 0 Å². The lowest BCUT2D eigenvalue weighted by Gasteiger charge is -2.42. The molecule has 0 spiro atoms. The van der Waals surface area contributed by atoms with E-state index in [1.54, 1.807) is 13.8 Å². The van der Waals surface area contributed by atoms with Crippen LogP contribution in [0, 0.1) is 0 Å². The number of ether oxygens (including phenoxy) is 6. The Bertz CT molecular complexity index is 412. The van der Waals surface area contributed by atoms with E-state index in [-0.39, 0.29) is 25.4 Å². The first-order valence-corrected chi connectivity index (χ1v) is 7.17. The Hall–Kier alpha value is -1.22. The summed E-state index contributed by atoms with van der Waals surface area (Å²) in [5, 5.41) is 0. The molecule has 8 heteroatoms. The Kier molecular flexibility index (Phi) is 5.74. The van der Waals surface area contributed by atoms with E-state index in [1.807, 2.05) is 0 Å². The number of methoxy groups -OCH3 is 2. The average molecular weight is 318 g/mol. The highest BCUT2D eigenvalue weighted by Crippen LogP contribution is 2.27. The summed E-state index contributed by atoms with van der Waals surface area (Å²) in [5.74, 6) is -1.16. The Labute approximate surface area is 128 Å². The molecule has 2 aliphatic rings. The molecule has 0 aromatic rings. The average Bonchev–Trinajstić information content (AvgIpc) is 2.53. The van der Waals surface area contributed by atoms with Crippen LogP contribution in [0.5, 0.6) is 0 Å². The second-order valence-corrected chi connectivity index (χ2v) is 5.38. The topological polar surface area (TPSA) is 89.5 Å². The van der Waals surface area contributed by atoms with Crippen LogP contribution >= 0.6 is 0 Å². The second-order valence-electron chi connectivity index (χ2n) is 5.38. The van der Waals surface area contributed by atoms with E-state index in [0.717, 1.165) is 0 Å². The molecular weight excluding hydrogens is 296 g/mol. The standard InChI is InChI=1S/C14H22O8/c1-7-6-20-11(13(15)17-3)10(21-7)9-12(14(16)18-4)22-8(2)5-19-9/h7-12H,5-6H2,1-4H3/t7?,8?,9-,10+,11-,12+/m0/s1. The lowest BCUT2D eigenvalue weighted by molar-refractivity contribution is -0.264. The zero-order chi connectivity index (χ0) is 16.3. The smallest absolute Gasteiger partial charge is 0.337 e. The highest BCUT2D eigenvalue weighted by Gasteiger charge is 2.49. The first-order chi connectivity index (χ1) is 10.5. The van der Waals surface area contributed by atoms with Crippen molar-refractivity contribution in [3.63, 3.8) is 0 Å². The lowest BCUT2D eigenvalue weighted by Crippen LogP contribution is -2.61. The lowest BCUT2D eigenvalue weighted by atomic mass is 9.99. The fraction of sp³-hybridized carbons (Fsp3) is 0.857. The van der Waals surface area contributed by atoms with Crippen molar-refractivity contribution < 1.29 is 38.0 Å². The molecule has 126 valence electrons. The first kappa shape index (κ1) is 17.1. The minimum atomic E-state index is -0.986. The van der Waals surface area contributed by atoms with Crippen molar-refractivity contribution >= 4 is 11.9 Å². The molecule has 2 fully saturated rings. The van der Waals surface area contributed by atoms with Crippen molar-refractivity contribution in [3.8, 4) is 0 Å². The molecule has 2 aliphatic heterocycles. The van der Waals surface area contributed by atoms with Crippen molar-refractivity contribution in [3.05, 3.63) is 0 Å². The highest BCUT2D eigenvalue weighted by atomic mass is 16.7. The summed E-state index contributed by atoms with van der Waals surface area (Å²) in [7, 11) is 2.53. The molecule has 0 radical (unpaired) electrons. The second kappa shape index (κ2) is 7.36. The molecule has 0 bridgehead atoms. The molecule has 2 heterocycles. The maximum absolute atomic E-state index is 12.0. The van der Waals surface area contributed by atoms with E-state index in [4.69, 9.17) is 28.4 Å². The van der Waals surface area contributed by atoms with E-state index in [9.17, 15) is 9.59 Å². The molecule has 2 saturated heterocycles. The van der Waals surface area contributed by atoms with Crippen LogP contribution in [0.1, 0.15) is 13.8 Å². The third-order valence-electron chi connectivity index (χ3n) is 3.59. The van der Waals surface area contributed by atoms with Crippen molar-refractivity contribution in [1.82, 2.24) is 0 Å². The van der Waals surface area contributed by atoms with Gasteiger partial charge in [-0.2, -0.15) is 0 Å². The van der Waals surface area contributed by atoms with Crippen LogP contribution in [0.15, 0.2) is 0 Å². The Balaban J connectivity index is 2.22. The van der Waals surface area contributed by atoms with Gasteiger partial charge in [-0.25, -0.2) is 9.59 Å². The largest absolute Gasteiger partial charge is 0.467 e. The monoisotopic (exact) mass is 318 g/mol. The van der Waals surface area contributed by atoms with Gasteiger partial charge in [-0.3, -0.25) is 0 Å². The summed E-state index contributed by atoms with van der Waals surface area (Å²) in [6.45, 7) is 4.12. The van der Waals surface area contributed by atoms with Crippen LogP contribution in [0.4, 0.5) is 0 Å². The maximum atomic E-state index is 12.0. The fourth-order valence-corrected chi connectivity index (χ4v) is 2.55. The van der Waals surface area contributed by atoms with Gasteiger partial charge in [0.1, 0.15) is 12.2 Å². The van der Waals surface area contributed by atoms with Crippen molar-refractivity contribution in [1.29, 1.82) is 0 Å². The number of carbonyl (C=O) groups excluding carboxylic acids is 2. The third kappa shape index (κ3) is 3.57. The van der Waals surface area contributed by atoms with Gasteiger partial charge in [0, 0.05) is 0 Å². The summed E-state index contributed by atoms with van der Waals surface area (Å²) in [4.78, 5) is 23.9. The van der Waals surface area contributed by atoms with Crippen LogP contribution < -0.4 is 0 Å². The molecule has 0 aromatic carbocycles. The predicted octanol–water partition coefficient (Wildman–Crippen LogP) is -0.323. The number of rotatable bonds is 3. The van der Waals surface area contributed by atoms with E-state index in [0.29, 0.717) is 0 Å². The third-order valence-corrected chi connectivity index (χ3v) is 3.59. The molecule has 6 atom stereocenters. The van der Waals surface area contributed by atoms with Gasteiger partial charge >= 0.3 is 11.9 Å². The fourth-order valence-electron chi connectivity index (χ4n) is 2.55. The Morgan fingerprint density at radius 2 is 1.36 bits per heavy atom. The maximum Gasteiger partial charge on any atom is 0.337 e. The minimum Gasteiger partial charge on any atom is -0.467 e. The minimum absolute atomic E-state index is 0.243. The molecule has 0 N–H and O–H groups in total. The highest BCUT2D eigenvalue weighted by molar-refractivity contribution is 5.78. The molecular formula is C14H22O8. The first-order valence-electron chi connectivity index (χ1n) is 7.17. The number of esters is 2. The van der Waals surface area contributed by atoms with E-state index < -0.39 is 36.4 Å². The van der Waals surface area contributed by atoms with E-state index in [2.05, 4.69) is 0 Å². The predicted molar refractivity (Wildman–Crippen MR) is 72.2 cm³/mol. The van der Waals surface area contributed by atoms with Gasteiger partial charge in [-0.05, 0) is 13.8 Å². The summed E-state index contributed by atoms with van der Waals surface area (Å²) < 4.78 is 32.1.